The molecule has 0 spiro atoms. The predicted molar refractivity (Wildman–Crippen MR) is 85.5 cm³/mol. The SMILES string of the molecule is Cc1ccc(C(=O)O[C@H](C)CN2[C@@H](C)CCC[C@@H]2C)cc1. The average molecular weight is 289 g/mol. The smallest absolute Gasteiger partial charge is 0.338 e. The van der Waals surface area contributed by atoms with E-state index in [2.05, 4.69) is 18.7 Å². The number of piperidine rings is 1. The van der Waals surface area contributed by atoms with E-state index in [1.165, 1.54) is 19.3 Å². The number of carbonyl (C=O) groups excluding carboxylic acids is 1. The third-order valence-corrected chi connectivity index (χ3v) is 4.44. The van der Waals surface area contributed by atoms with Crippen LogP contribution in [0.5, 0.6) is 0 Å². The molecule has 0 unspecified atom stereocenters. The third kappa shape index (κ3) is 4.31. The van der Waals surface area contributed by atoms with Crippen molar-refractivity contribution >= 4 is 5.97 Å². The van der Waals surface area contributed by atoms with E-state index in [9.17, 15) is 4.79 Å². The van der Waals surface area contributed by atoms with Crippen molar-refractivity contribution in [1.82, 2.24) is 4.90 Å². The minimum absolute atomic E-state index is 0.0817. The van der Waals surface area contributed by atoms with E-state index in [1.807, 2.05) is 38.1 Å². The van der Waals surface area contributed by atoms with E-state index >= 15 is 0 Å². The van der Waals surface area contributed by atoms with Crippen LogP contribution in [-0.2, 0) is 4.74 Å². The van der Waals surface area contributed by atoms with Crippen molar-refractivity contribution < 1.29 is 9.53 Å². The van der Waals surface area contributed by atoms with Gasteiger partial charge in [-0.3, -0.25) is 4.90 Å². The molecule has 0 radical (unpaired) electrons. The molecule has 0 aliphatic carbocycles. The third-order valence-electron chi connectivity index (χ3n) is 4.44. The van der Waals surface area contributed by atoms with Gasteiger partial charge in [0, 0.05) is 18.6 Å². The summed E-state index contributed by atoms with van der Waals surface area (Å²) < 4.78 is 5.60. The molecular weight excluding hydrogens is 262 g/mol. The Balaban J connectivity index is 1.90. The molecular formula is C18H27NO2. The number of benzene rings is 1. The maximum Gasteiger partial charge on any atom is 0.338 e. The van der Waals surface area contributed by atoms with Crippen LogP contribution in [0.2, 0.25) is 0 Å². The van der Waals surface area contributed by atoms with Crippen molar-refractivity contribution in [2.75, 3.05) is 6.54 Å². The van der Waals surface area contributed by atoms with E-state index in [0.717, 1.165) is 12.1 Å². The number of esters is 1. The van der Waals surface area contributed by atoms with Crippen LogP contribution in [0.25, 0.3) is 0 Å². The summed E-state index contributed by atoms with van der Waals surface area (Å²) in [5.74, 6) is -0.222. The normalized spacial score (nSPS) is 24.6. The van der Waals surface area contributed by atoms with Crippen molar-refractivity contribution in [1.29, 1.82) is 0 Å². The Labute approximate surface area is 128 Å². The maximum absolute atomic E-state index is 12.1. The van der Waals surface area contributed by atoms with E-state index in [4.69, 9.17) is 4.74 Å². The first-order valence-corrected chi connectivity index (χ1v) is 8.00. The second-order valence-electron chi connectivity index (χ2n) is 6.41. The van der Waals surface area contributed by atoms with Crippen LogP contribution in [0.4, 0.5) is 0 Å². The van der Waals surface area contributed by atoms with Crippen LogP contribution in [-0.4, -0.2) is 35.6 Å². The molecule has 0 N–H and O–H groups in total. The fourth-order valence-corrected chi connectivity index (χ4v) is 3.11. The number of aryl methyl sites for hydroxylation is 1. The number of likely N-dealkylation sites (tertiary alicyclic amines) is 1. The zero-order chi connectivity index (χ0) is 15.4. The van der Waals surface area contributed by atoms with E-state index < -0.39 is 0 Å². The molecule has 0 aromatic heterocycles. The average Bonchev–Trinajstić information content (AvgIpc) is 2.43. The second kappa shape index (κ2) is 7.08. The first kappa shape index (κ1) is 16.0. The number of nitrogens with zero attached hydrogens (tertiary/aromatic N) is 1. The summed E-state index contributed by atoms with van der Waals surface area (Å²) in [4.78, 5) is 14.6. The zero-order valence-electron chi connectivity index (χ0n) is 13.6. The molecule has 0 amide bonds. The summed E-state index contributed by atoms with van der Waals surface area (Å²) in [7, 11) is 0. The lowest BCUT2D eigenvalue weighted by Gasteiger charge is -2.40. The highest BCUT2D eigenvalue weighted by molar-refractivity contribution is 5.89. The van der Waals surface area contributed by atoms with Crippen molar-refractivity contribution in [2.24, 2.45) is 0 Å². The van der Waals surface area contributed by atoms with Gasteiger partial charge in [-0.05, 0) is 52.7 Å². The Morgan fingerprint density at radius 3 is 2.38 bits per heavy atom. The topological polar surface area (TPSA) is 29.5 Å². The zero-order valence-corrected chi connectivity index (χ0v) is 13.6. The number of carbonyl (C=O) groups is 1. The maximum atomic E-state index is 12.1. The summed E-state index contributed by atoms with van der Waals surface area (Å²) in [6.45, 7) is 9.35. The number of ether oxygens (including phenoxy) is 1. The second-order valence-corrected chi connectivity index (χ2v) is 6.41. The molecule has 1 aliphatic rings. The molecule has 3 nitrogen and oxygen atoms in total. The van der Waals surface area contributed by atoms with Crippen LogP contribution in [0.3, 0.4) is 0 Å². The molecule has 1 aromatic carbocycles. The Morgan fingerprint density at radius 1 is 1.24 bits per heavy atom. The van der Waals surface area contributed by atoms with E-state index in [0.29, 0.717) is 17.6 Å². The molecule has 1 fully saturated rings. The standard InChI is InChI=1S/C18H27NO2/c1-13-8-10-17(11-9-13)18(20)21-16(4)12-19-14(2)6-5-7-15(19)3/h8-11,14-16H,5-7,12H2,1-4H3/t14-,15-,16+/m0/s1. The molecule has 2 rings (SSSR count). The van der Waals surface area contributed by atoms with Crippen LogP contribution < -0.4 is 0 Å². The molecule has 3 heteroatoms. The molecule has 0 bridgehead atoms. The molecule has 1 saturated heterocycles. The lowest BCUT2D eigenvalue weighted by molar-refractivity contribution is 0.00812. The lowest BCUT2D eigenvalue weighted by atomic mass is 9.97. The molecule has 116 valence electrons. The van der Waals surface area contributed by atoms with Crippen LogP contribution in [0, 0.1) is 6.92 Å². The molecule has 1 aliphatic heterocycles. The van der Waals surface area contributed by atoms with Gasteiger partial charge in [0.05, 0.1) is 5.56 Å². The summed E-state index contributed by atoms with van der Waals surface area (Å²) in [5.41, 5.74) is 1.78. The van der Waals surface area contributed by atoms with Crippen molar-refractivity contribution in [3.8, 4) is 0 Å². The first-order chi connectivity index (χ1) is 9.97. The summed E-state index contributed by atoms with van der Waals surface area (Å²) in [6.07, 6.45) is 3.70. The fraction of sp³-hybridized carbons (Fsp3) is 0.611. The molecule has 3 atom stereocenters. The van der Waals surface area contributed by atoms with Gasteiger partial charge < -0.3 is 4.74 Å². The Bertz CT molecular complexity index is 459. The minimum Gasteiger partial charge on any atom is -0.458 e. The highest BCUT2D eigenvalue weighted by atomic mass is 16.5. The number of hydrogen-bond acceptors (Lipinski definition) is 3. The van der Waals surface area contributed by atoms with Crippen molar-refractivity contribution in [2.45, 2.75) is 65.1 Å². The summed E-state index contributed by atoms with van der Waals surface area (Å²) >= 11 is 0. The quantitative estimate of drug-likeness (QED) is 0.790. The van der Waals surface area contributed by atoms with Gasteiger partial charge in [0.15, 0.2) is 0 Å². The summed E-state index contributed by atoms with van der Waals surface area (Å²) in [6, 6.07) is 8.70. The van der Waals surface area contributed by atoms with Gasteiger partial charge in [0.2, 0.25) is 0 Å². The van der Waals surface area contributed by atoms with Gasteiger partial charge in [0.25, 0.3) is 0 Å². The first-order valence-electron chi connectivity index (χ1n) is 8.00. The van der Waals surface area contributed by atoms with Gasteiger partial charge in [-0.15, -0.1) is 0 Å². The van der Waals surface area contributed by atoms with Gasteiger partial charge in [-0.2, -0.15) is 0 Å². The van der Waals surface area contributed by atoms with Gasteiger partial charge in [0.1, 0.15) is 6.10 Å². The lowest BCUT2D eigenvalue weighted by Crippen LogP contribution is -2.47. The van der Waals surface area contributed by atoms with Crippen LogP contribution >= 0.6 is 0 Å². The monoisotopic (exact) mass is 289 g/mol. The van der Waals surface area contributed by atoms with Crippen LogP contribution in [0.15, 0.2) is 24.3 Å². The van der Waals surface area contributed by atoms with Crippen molar-refractivity contribution in [3.05, 3.63) is 35.4 Å². The Kier molecular flexibility index (Phi) is 5.40. The van der Waals surface area contributed by atoms with Gasteiger partial charge >= 0.3 is 5.97 Å². The Morgan fingerprint density at radius 2 is 1.81 bits per heavy atom. The van der Waals surface area contributed by atoms with E-state index in [-0.39, 0.29) is 12.1 Å². The number of rotatable bonds is 4. The van der Waals surface area contributed by atoms with Crippen LogP contribution in [0.1, 0.15) is 56.0 Å². The highest BCUT2D eigenvalue weighted by Gasteiger charge is 2.26. The minimum atomic E-state index is -0.222. The van der Waals surface area contributed by atoms with E-state index in [1.54, 1.807) is 0 Å². The summed E-state index contributed by atoms with van der Waals surface area (Å²) in [5, 5.41) is 0. The van der Waals surface area contributed by atoms with Gasteiger partial charge in [-0.1, -0.05) is 24.1 Å². The van der Waals surface area contributed by atoms with Gasteiger partial charge in [-0.25, -0.2) is 4.79 Å². The largest absolute Gasteiger partial charge is 0.458 e. The molecule has 1 heterocycles. The molecule has 1 aromatic rings. The Hall–Kier alpha value is -1.35. The van der Waals surface area contributed by atoms with Crippen molar-refractivity contribution in [3.63, 3.8) is 0 Å². The highest BCUT2D eigenvalue weighted by Crippen LogP contribution is 2.23. The number of hydrogen-bond donors (Lipinski definition) is 0. The fourth-order valence-electron chi connectivity index (χ4n) is 3.11. The molecule has 0 saturated carbocycles. The predicted octanol–water partition coefficient (Wildman–Crippen LogP) is 3.80. The molecule has 21 heavy (non-hydrogen) atoms.